The van der Waals surface area contributed by atoms with Gasteiger partial charge in [-0.3, -0.25) is 4.79 Å². The van der Waals surface area contributed by atoms with E-state index in [0.29, 0.717) is 24.7 Å². The van der Waals surface area contributed by atoms with Crippen LogP contribution in [0.1, 0.15) is 89.9 Å². The van der Waals surface area contributed by atoms with E-state index in [1.807, 2.05) is 46.8 Å². The maximum Gasteiger partial charge on any atom is 0.308 e. The first kappa shape index (κ1) is 30.0. The van der Waals surface area contributed by atoms with E-state index >= 15 is 0 Å². The van der Waals surface area contributed by atoms with Crippen molar-refractivity contribution in [3.8, 4) is 16.9 Å². The van der Waals surface area contributed by atoms with Gasteiger partial charge in [-0.15, -0.1) is 0 Å². The zero-order valence-corrected chi connectivity index (χ0v) is 25.3. The Kier molecular flexibility index (Phi) is 8.33. The largest absolute Gasteiger partial charge is 0.460 e. The van der Waals surface area contributed by atoms with Gasteiger partial charge in [0, 0.05) is 23.1 Å². The lowest BCUT2D eigenvalue weighted by atomic mass is 9.90. The Morgan fingerprint density at radius 1 is 1.19 bits per heavy atom. The SMILES string of the molecule is CC(C)c1nc2c(c(-c3ccc(F)cc3)c1/C=C/[C@@H]1C[C@H](CC(=O)OC(C)(C)C)OC(C)(C)O1)COCc1ncnn1-2. The van der Waals surface area contributed by atoms with Crippen molar-refractivity contribution in [1.82, 2.24) is 19.7 Å². The third kappa shape index (κ3) is 6.77. The second-order valence-electron chi connectivity index (χ2n) is 12.5. The molecule has 2 atom stereocenters. The topological polar surface area (TPSA) is 97.6 Å². The van der Waals surface area contributed by atoms with Gasteiger partial charge in [-0.2, -0.15) is 9.78 Å². The Hall–Kier alpha value is -3.47. The van der Waals surface area contributed by atoms with E-state index in [-0.39, 0.29) is 42.9 Å². The van der Waals surface area contributed by atoms with Gasteiger partial charge in [0.25, 0.3) is 0 Å². The van der Waals surface area contributed by atoms with Crippen molar-refractivity contribution in [2.45, 2.75) is 104 Å². The highest BCUT2D eigenvalue weighted by molar-refractivity contribution is 5.81. The van der Waals surface area contributed by atoms with Crippen molar-refractivity contribution in [2.24, 2.45) is 0 Å². The van der Waals surface area contributed by atoms with Crippen LogP contribution in [0.4, 0.5) is 4.39 Å². The third-order valence-corrected chi connectivity index (χ3v) is 6.99. The van der Waals surface area contributed by atoms with Gasteiger partial charge in [0.05, 0.1) is 30.9 Å². The second-order valence-corrected chi connectivity index (χ2v) is 12.5. The Morgan fingerprint density at radius 2 is 1.93 bits per heavy atom. The normalized spacial score (nSPS) is 20.3. The summed E-state index contributed by atoms with van der Waals surface area (Å²) in [5.74, 6) is -0.152. The smallest absolute Gasteiger partial charge is 0.308 e. The number of esters is 1. The Balaban J connectivity index is 1.57. The van der Waals surface area contributed by atoms with E-state index in [9.17, 15) is 9.18 Å². The highest BCUT2D eigenvalue weighted by Gasteiger charge is 2.36. The standard InChI is InChI=1S/C32H39FN4O5/c1-19(2)29-24(13-12-22-14-23(41-32(6,7)40-22)15-27(38)42-31(3,4)5)28(20-8-10-21(33)11-9-20)25-16-39-17-26-34-18-35-37(26)30(25)36-29/h8-13,18-19,22-23H,14-17H2,1-7H3/b13-12+/t22-,23-/m1/s1. The Morgan fingerprint density at radius 3 is 2.62 bits per heavy atom. The molecule has 3 aromatic rings. The van der Waals surface area contributed by atoms with Crippen molar-refractivity contribution >= 4 is 12.0 Å². The van der Waals surface area contributed by atoms with Crippen LogP contribution >= 0.6 is 0 Å². The molecule has 9 nitrogen and oxygen atoms in total. The maximum absolute atomic E-state index is 14.0. The molecule has 5 rings (SSSR count). The van der Waals surface area contributed by atoms with Crippen LogP contribution in [0.15, 0.2) is 36.7 Å². The number of nitrogens with zero attached hydrogens (tertiary/aromatic N) is 4. The zero-order chi connectivity index (χ0) is 30.2. The van der Waals surface area contributed by atoms with E-state index in [2.05, 4.69) is 23.9 Å². The number of ether oxygens (including phenoxy) is 4. The summed E-state index contributed by atoms with van der Waals surface area (Å²) in [6.45, 7) is 14.0. The molecule has 0 unspecified atom stereocenters. The van der Waals surface area contributed by atoms with Crippen LogP contribution in [0.25, 0.3) is 23.0 Å². The number of pyridine rings is 1. The zero-order valence-electron chi connectivity index (χ0n) is 25.3. The average Bonchev–Trinajstić information content (AvgIpc) is 3.27. The quantitative estimate of drug-likeness (QED) is 0.316. The van der Waals surface area contributed by atoms with Crippen LogP contribution < -0.4 is 0 Å². The van der Waals surface area contributed by atoms with Gasteiger partial charge in [-0.1, -0.05) is 38.1 Å². The van der Waals surface area contributed by atoms with Crippen LogP contribution in [-0.2, 0) is 37.0 Å². The third-order valence-electron chi connectivity index (χ3n) is 6.99. The van der Waals surface area contributed by atoms with Crippen LogP contribution in [0.2, 0.25) is 0 Å². The first-order valence-corrected chi connectivity index (χ1v) is 14.3. The van der Waals surface area contributed by atoms with Gasteiger partial charge < -0.3 is 18.9 Å². The minimum Gasteiger partial charge on any atom is -0.460 e. The summed E-state index contributed by atoms with van der Waals surface area (Å²) < 4.78 is 39.6. The van der Waals surface area contributed by atoms with Gasteiger partial charge in [-0.25, -0.2) is 14.4 Å². The van der Waals surface area contributed by atoms with Crippen LogP contribution in [0.5, 0.6) is 0 Å². The predicted octanol–water partition coefficient (Wildman–Crippen LogP) is 6.28. The van der Waals surface area contributed by atoms with Gasteiger partial charge in [0.2, 0.25) is 0 Å². The number of benzene rings is 1. The van der Waals surface area contributed by atoms with E-state index in [1.54, 1.807) is 16.8 Å². The fourth-order valence-corrected chi connectivity index (χ4v) is 5.46. The fourth-order valence-electron chi connectivity index (χ4n) is 5.46. The molecule has 0 N–H and O–H groups in total. The molecule has 2 aliphatic heterocycles. The highest BCUT2D eigenvalue weighted by Crippen LogP contribution is 2.39. The molecule has 224 valence electrons. The second kappa shape index (κ2) is 11.7. The molecule has 0 aliphatic carbocycles. The van der Waals surface area contributed by atoms with E-state index in [1.165, 1.54) is 18.5 Å². The van der Waals surface area contributed by atoms with Crippen LogP contribution in [-0.4, -0.2) is 49.3 Å². The van der Waals surface area contributed by atoms with Gasteiger partial charge in [-0.05, 0) is 58.2 Å². The summed E-state index contributed by atoms with van der Waals surface area (Å²) >= 11 is 0. The van der Waals surface area contributed by atoms with E-state index < -0.39 is 11.4 Å². The number of rotatable bonds is 6. The number of fused-ring (bicyclic) bond motifs is 3. The number of halogens is 1. The molecule has 1 aromatic carbocycles. The summed E-state index contributed by atoms with van der Waals surface area (Å²) in [7, 11) is 0. The van der Waals surface area contributed by atoms with Crippen molar-refractivity contribution in [2.75, 3.05) is 0 Å². The molecular weight excluding hydrogens is 539 g/mol. The average molecular weight is 579 g/mol. The summed E-state index contributed by atoms with van der Waals surface area (Å²) in [5, 5.41) is 4.44. The molecule has 2 aromatic heterocycles. The summed E-state index contributed by atoms with van der Waals surface area (Å²) in [4.78, 5) is 22.0. The number of hydrogen-bond donors (Lipinski definition) is 0. The maximum atomic E-state index is 14.0. The molecule has 42 heavy (non-hydrogen) atoms. The number of carbonyl (C=O) groups excluding carboxylic acids is 1. The monoisotopic (exact) mass is 578 g/mol. The molecule has 0 saturated carbocycles. The molecule has 10 heteroatoms. The predicted molar refractivity (Wildman–Crippen MR) is 155 cm³/mol. The van der Waals surface area contributed by atoms with Crippen molar-refractivity contribution in [3.05, 3.63) is 65.1 Å². The minimum atomic E-state index is -0.899. The fraction of sp³-hybridized carbons (Fsp3) is 0.500. The Bertz CT molecular complexity index is 1470. The molecule has 1 saturated heterocycles. The lowest BCUT2D eigenvalue weighted by Gasteiger charge is -2.39. The van der Waals surface area contributed by atoms with Gasteiger partial charge in [0.15, 0.2) is 17.4 Å². The molecule has 0 bridgehead atoms. The van der Waals surface area contributed by atoms with Crippen molar-refractivity contribution in [1.29, 1.82) is 0 Å². The summed E-state index contributed by atoms with van der Waals surface area (Å²) in [6, 6.07) is 6.44. The molecular formula is C32H39FN4O5. The molecule has 0 spiro atoms. The van der Waals surface area contributed by atoms with Crippen LogP contribution in [0, 0.1) is 5.82 Å². The Labute approximate surface area is 246 Å². The number of aromatic nitrogens is 4. The van der Waals surface area contributed by atoms with Crippen LogP contribution in [0.3, 0.4) is 0 Å². The van der Waals surface area contributed by atoms with Gasteiger partial charge in [0.1, 0.15) is 24.4 Å². The molecule has 2 aliphatic rings. The van der Waals surface area contributed by atoms with Crippen molar-refractivity contribution < 1.29 is 28.1 Å². The lowest BCUT2D eigenvalue weighted by Crippen LogP contribution is -2.45. The molecule has 0 radical (unpaired) electrons. The molecule has 0 amide bonds. The first-order chi connectivity index (χ1) is 19.8. The molecule has 1 fully saturated rings. The number of hydrogen-bond acceptors (Lipinski definition) is 8. The highest BCUT2D eigenvalue weighted by atomic mass is 19.1. The summed E-state index contributed by atoms with van der Waals surface area (Å²) in [6.07, 6.45) is 5.41. The summed E-state index contributed by atoms with van der Waals surface area (Å²) in [5.41, 5.74) is 3.73. The van der Waals surface area contributed by atoms with E-state index in [0.717, 1.165) is 27.9 Å². The minimum absolute atomic E-state index is 0.0530. The van der Waals surface area contributed by atoms with Gasteiger partial charge >= 0.3 is 5.97 Å². The first-order valence-electron chi connectivity index (χ1n) is 14.3. The van der Waals surface area contributed by atoms with Crippen molar-refractivity contribution in [3.63, 3.8) is 0 Å². The number of carbonyl (C=O) groups is 1. The lowest BCUT2D eigenvalue weighted by molar-refractivity contribution is -0.290. The molecule has 4 heterocycles. The van der Waals surface area contributed by atoms with E-state index in [4.69, 9.17) is 23.9 Å².